The molecule has 1 amide bonds. The lowest BCUT2D eigenvalue weighted by molar-refractivity contribution is -0.135. The van der Waals surface area contributed by atoms with Gasteiger partial charge in [-0.15, -0.1) is 0 Å². The second-order valence-electron chi connectivity index (χ2n) is 4.89. The number of ether oxygens (including phenoxy) is 1. The van der Waals surface area contributed by atoms with Crippen molar-refractivity contribution >= 4 is 37.8 Å². The number of likely N-dealkylation sites (tertiary alicyclic amines) is 1. The van der Waals surface area contributed by atoms with Crippen molar-refractivity contribution in [3.05, 3.63) is 27.1 Å². The van der Waals surface area contributed by atoms with E-state index in [0.29, 0.717) is 12.3 Å². The Morgan fingerprint density at radius 2 is 2.25 bits per heavy atom. The summed E-state index contributed by atoms with van der Waals surface area (Å²) in [5.41, 5.74) is 0. The molecule has 0 saturated carbocycles. The quantitative estimate of drug-likeness (QED) is 0.836. The Balaban J connectivity index is 1.88. The molecular weight excluding hydrogens is 390 g/mol. The van der Waals surface area contributed by atoms with Crippen LogP contribution in [0.5, 0.6) is 5.75 Å². The van der Waals surface area contributed by atoms with Crippen molar-refractivity contribution in [2.75, 3.05) is 26.3 Å². The van der Waals surface area contributed by atoms with Gasteiger partial charge >= 0.3 is 0 Å². The van der Waals surface area contributed by atoms with Crippen molar-refractivity contribution in [1.82, 2.24) is 4.90 Å². The fourth-order valence-corrected chi connectivity index (χ4v) is 3.43. The minimum Gasteiger partial charge on any atom is -0.483 e. The van der Waals surface area contributed by atoms with Crippen molar-refractivity contribution < 1.29 is 14.6 Å². The largest absolute Gasteiger partial charge is 0.483 e. The van der Waals surface area contributed by atoms with E-state index in [2.05, 4.69) is 31.9 Å². The maximum Gasteiger partial charge on any atom is 0.260 e. The number of aliphatic hydroxyl groups is 1. The van der Waals surface area contributed by atoms with Crippen LogP contribution >= 0.6 is 31.9 Å². The lowest BCUT2D eigenvalue weighted by Crippen LogP contribution is -2.43. The molecule has 1 aliphatic heterocycles. The zero-order chi connectivity index (χ0) is 14.5. The third-order valence-electron chi connectivity index (χ3n) is 3.37. The molecule has 0 radical (unpaired) electrons. The molecule has 1 aromatic rings. The average molecular weight is 407 g/mol. The van der Waals surface area contributed by atoms with Gasteiger partial charge in [-0.05, 0) is 52.9 Å². The van der Waals surface area contributed by atoms with E-state index in [9.17, 15) is 9.90 Å². The van der Waals surface area contributed by atoms with Gasteiger partial charge in [0.25, 0.3) is 5.91 Å². The highest BCUT2D eigenvalue weighted by Crippen LogP contribution is 2.28. The number of amides is 1. The minimum absolute atomic E-state index is 0.0262. The van der Waals surface area contributed by atoms with E-state index in [1.165, 1.54) is 0 Å². The first kappa shape index (κ1) is 15.8. The summed E-state index contributed by atoms with van der Waals surface area (Å²) in [6, 6.07) is 5.56. The van der Waals surface area contributed by atoms with Crippen LogP contribution < -0.4 is 4.74 Å². The van der Waals surface area contributed by atoms with Crippen LogP contribution in [0.4, 0.5) is 0 Å². The van der Waals surface area contributed by atoms with Crippen molar-refractivity contribution in [2.24, 2.45) is 5.92 Å². The van der Waals surface area contributed by atoms with E-state index < -0.39 is 0 Å². The van der Waals surface area contributed by atoms with Gasteiger partial charge in [0, 0.05) is 24.2 Å². The number of carbonyl (C=O) groups excluding carboxylic acids is 1. The summed E-state index contributed by atoms with van der Waals surface area (Å²) in [6.45, 7) is 1.54. The zero-order valence-corrected chi connectivity index (χ0v) is 14.2. The van der Waals surface area contributed by atoms with Gasteiger partial charge in [-0.1, -0.05) is 15.9 Å². The van der Waals surface area contributed by atoms with E-state index in [1.807, 2.05) is 18.2 Å². The molecule has 1 N–H and O–H groups in total. The third-order valence-corrected chi connectivity index (χ3v) is 4.49. The molecule has 1 atom stereocenters. The first-order valence-electron chi connectivity index (χ1n) is 6.56. The molecule has 110 valence electrons. The summed E-state index contributed by atoms with van der Waals surface area (Å²) in [4.78, 5) is 13.9. The minimum atomic E-state index is -0.0297. The van der Waals surface area contributed by atoms with Gasteiger partial charge in [-0.2, -0.15) is 0 Å². The van der Waals surface area contributed by atoms with Gasteiger partial charge in [0.05, 0.1) is 4.47 Å². The molecule has 0 bridgehead atoms. The second-order valence-corrected chi connectivity index (χ2v) is 6.66. The van der Waals surface area contributed by atoms with Gasteiger partial charge in [0.1, 0.15) is 5.75 Å². The Kier molecular flexibility index (Phi) is 5.86. The molecule has 0 aliphatic carbocycles. The van der Waals surface area contributed by atoms with Crippen molar-refractivity contribution in [3.63, 3.8) is 0 Å². The second kappa shape index (κ2) is 7.43. The molecule has 1 aliphatic rings. The van der Waals surface area contributed by atoms with Gasteiger partial charge in [-0.25, -0.2) is 0 Å². The predicted molar refractivity (Wildman–Crippen MR) is 83.7 cm³/mol. The van der Waals surface area contributed by atoms with Gasteiger partial charge in [0.2, 0.25) is 0 Å². The van der Waals surface area contributed by atoms with Crippen LogP contribution in [0.2, 0.25) is 0 Å². The fourth-order valence-electron chi connectivity index (χ4n) is 2.26. The van der Waals surface area contributed by atoms with Crippen LogP contribution in [-0.2, 0) is 4.79 Å². The zero-order valence-electron chi connectivity index (χ0n) is 11.0. The summed E-state index contributed by atoms with van der Waals surface area (Å²) in [6.07, 6.45) is 1.93. The summed E-state index contributed by atoms with van der Waals surface area (Å²) >= 11 is 6.77. The van der Waals surface area contributed by atoms with Crippen LogP contribution in [0.3, 0.4) is 0 Å². The molecule has 4 nitrogen and oxygen atoms in total. The fraction of sp³-hybridized carbons (Fsp3) is 0.500. The van der Waals surface area contributed by atoms with Crippen LogP contribution in [-0.4, -0.2) is 42.2 Å². The normalized spacial score (nSPS) is 18.9. The molecule has 6 heteroatoms. The highest BCUT2D eigenvalue weighted by atomic mass is 79.9. The number of hydrogen-bond donors (Lipinski definition) is 1. The predicted octanol–water partition coefficient (Wildman–Crippen LogP) is 2.82. The standard InChI is InChI=1S/C14H17Br2NO3/c15-11-3-4-13(12(16)6-11)20-9-14(19)17-5-1-2-10(7-17)8-18/h3-4,6,10,18H,1-2,5,7-9H2. The molecule has 0 aromatic heterocycles. The van der Waals surface area contributed by atoms with Crippen LogP contribution in [0.1, 0.15) is 12.8 Å². The van der Waals surface area contributed by atoms with E-state index in [0.717, 1.165) is 28.3 Å². The average Bonchev–Trinajstić information content (AvgIpc) is 2.46. The molecule has 20 heavy (non-hydrogen) atoms. The van der Waals surface area contributed by atoms with E-state index in [4.69, 9.17) is 4.74 Å². The van der Waals surface area contributed by atoms with Crippen LogP contribution in [0.25, 0.3) is 0 Å². The Labute approximate surface area is 135 Å². The number of hydrogen-bond acceptors (Lipinski definition) is 3. The molecule has 1 fully saturated rings. The highest BCUT2D eigenvalue weighted by Gasteiger charge is 2.23. The number of nitrogens with zero attached hydrogens (tertiary/aromatic N) is 1. The van der Waals surface area contributed by atoms with Crippen molar-refractivity contribution in [2.45, 2.75) is 12.8 Å². The first-order valence-corrected chi connectivity index (χ1v) is 8.15. The summed E-state index contributed by atoms with van der Waals surface area (Å²) in [5, 5.41) is 9.18. The Morgan fingerprint density at radius 3 is 2.95 bits per heavy atom. The van der Waals surface area contributed by atoms with Crippen LogP contribution in [0.15, 0.2) is 27.1 Å². The smallest absolute Gasteiger partial charge is 0.260 e. The van der Waals surface area contributed by atoms with Crippen LogP contribution in [0, 0.1) is 5.92 Å². The molecule has 0 spiro atoms. The topological polar surface area (TPSA) is 49.8 Å². The van der Waals surface area contributed by atoms with Crippen molar-refractivity contribution in [1.29, 1.82) is 0 Å². The maximum atomic E-state index is 12.1. The van der Waals surface area contributed by atoms with Gasteiger partial charge in [-0.3, -0.25) is 4.79 Å². The number of aliphatic hydroxyl groups excluding tert-OH is 1. The summed E-state index contributed by atoms with van der Waals surface area (Å²) < 4.78 is 7.31. The summed E-state index contributed by atoms with van der Waals surface area (Å²) in [5.74, 6) is 0.822. The number of carbonyl (C=O) groups is 1. The molecule has 1 saturated heterocycles. The molecule has 1 unspecified atom stereocenters. The van der Waals surface area contributed by atoms with Crippen molar-refractivity contribution in [3.8, 4) is 5.75 Å². The van der Waals surface area contributed by atoms with E-state index in [-0.39, 0.29) is 25.0 Å². The number of rotatable bonds is 4. The molecule has 2 rings (SSSR count). The molecule has 1 heterocycles. The maximum absolute atomic E-state index is 12.1. The van der Waals surface area contributed by atoms with Gasteiger partial charge < -0.3 is 14.7 Å². The monoisotopic (exact) mass is 405 g/mol. The van der Waals surface area contributed by atoms with E-state index in [1.54, 1.807) is 4.90 Å². The first-order chi connectivity index (χ1) is 9.60. The highest BCUT2D eigenvalue weighted by molar-refractivity contribution is 9.11. The Hall–Kier alpha value is -0.590. The molecular formula is C14H17Br2NO3. The third kappa shape index (κ3) is 4.20. The SMILES string of the molecule is O=C(COc1ccc(Br)cc1Br)N1CCCC(CO)C1. The molecule has 1 aromatic carbocycles. The number of benzene rings is 1. The number of piperidine rings is 1. The van der Waals surface area contributed by atoms with Gasteiger partial charge in [0.15, 0.2) is 6.61 Å². The Bertz CT molecular complexity index is 481. The number of halogens is 2. The van der Waals surface area contributed by atoms with E-state index >= 15 is 0 Å². The Morgan fingerprint density at radius 1 is 1.45 bits per heavy atom. The lowest BCUT2D eigenvalue weighted by Gasteiger charge is -2.31. The summed E-state index contributed by atoms with van der Waals surface area (Å²) in [7, 11) is 0. The lowest BCUT2D eigenvalue weighted by atomic mass is 9.99.